The molecule has 0 spiro atoms. The maximum atomic E-state index is 8.92. The molecule has 2 rings (SSSR count). The molecule has 58 valence electrons. The van der Waals surface area contributed by atoms with Gasteiger partial charge in [0, 0.05) is 19.0 Å². The van der Waals surface area contributed by atoms with E-state index in [9.17, 15) is 0 Å². The number of aliphatic hydroxyl groups excluding tert-OH is 1. The second-order valence-corrected chi connectivity index (χ2v) is 3.10. The van der Waals surface area contributed by atoms with E-state index in [1.165, 1.54) is 11.1 Å². The number of hydrogen-bond acceptors (Lipinski definition) is 2. The van der Waals surface area contributed by atoms with Crippen molar-refractivity contribution in [3.8, 4) is 0 Å². The van der Waals surface area contributed by atoms with Crippen molar-refractivity contribution in [3.63, 3.8) is 0 Å². The Kier molecular flexibility index (Phi) is 1.62. The van der Waals surface area contributed by atoms with Crippen molar-refractivity contribution in [3.05, 3.63) is 29.6 Å². The Balaban J connectivity index is 2.27. The molecule has 0 aromatic carbocycles. The van der Waals surface area contributed by atoms with E-state index in [0.29, 0.717) is 12.5 Å². The lowest BCUT2D eigenvalue weighted by Gasteiger charge is -2.00. The molecule has 2 heteroatoms. The number of aliphatic hydroxyl groups is 1. The number of nitrogens with zero attached hydrogens (tertiary/aromatic N) is 1. The Hall–Kier alpha value is -0.890. The minimum absolute atomic E-state index is 0.300. The van der Waals surface area contributed by atoms with Gasteiger partial charge in [0.2, 0.25) is 0 Å². The summed E-state index contributed by atoms with van der Waals surface area (Å²) >= 11 is 0. The molecule has 1 aromatic rings. The SMILES string of the molecule is OC[C@@H]1Cc2ccncc2C1. The van der Waals surface area contributed by atoms with Crippen molar-refractivity contribution in [2.45, 2.75) is 12.8 Å². The first-order valence-corrected chi connectivity index (χ1v) is 3.93. The fourth-order valence-electron chi connectivity index (χ4n) is 1.66. The maximum absolute atomic E-state index is 8.92. The molecule has 1 aliphatic rings. The van der Waals surface area contributed by atoms with Crippen LogP contribution >= 0.6 is 0 Å². The molecule has 0 unspecified atom stereocenters. The Morgan fingerprint density at radius 2 is 2.27 bits per heavy atom. The first kappa shape index (κ1) is 6.80. The van der Waals surface area contributed by atoms with Gasteiger partial charge in [-0.3, -0.25) is 4.98 Å². The van der Waals surface area contributed by atoms with Gasteiger partial charge in [0.15, 0.2) is 0 Å². The largest absolute Gasteiger partial charge is 0.396 e. The van der Waals surface area contributed by atoms with Crippen LogP contribution in [0.25, 0.3) is 0 Å². The van der Waals surface area contributed by atoms with Crippen LogP contribution in [0, 0.1) is 5.92 Å². The van der Waals surface area contributed by atoms with Crippen molar-refractivity contribution in [2.75, 3.05) is 6.61 Å². The molecule has 0 amide bonds. The van der Waals surface area contributed by atoms with Gasteiger partial charge >= 0.3 is 0 Å². The van der Waals surface area contributed by atoms with Crippen LogP contribution in [0.15, 0.2) is 18.5 Å². The number of hydrogen-bond donors (Lipinski definition) is 1. The Bertz CT molecular complexity index is 234. The average Bonchev–Trinajstić information content (AvgIpc) is 2.46. The molecule has 0 fully saturated rings. The molecule has 1 atom stereocenters. The van der Waals surface area contributed by atoms with E-state index in [4.69, 9.17) is 5.11 Å². The highest BCUT2D eigenvalue weighted by atomic mass is 16.3. The van der Waals surface area contributed by atoms with Gasteiger partial charge in [-0.05, 0) is 36.0 Å². The van der Waals surface area contributed by atoms with Gasteiger partial charge in [-0.2, -0.15) is 0 Å². The molecule has 0 saturated carbocycles. The topological polar surface area (TPSA) is 33.1 Å². The van der Waals surface area contributed by atoms with Crippen molar-refractivity contribution in [1.29, 1.82) is 0 Å². The Labute approximate surface area is 65.9 Å². The van der Waals surface area contributed by atoms with E-state index in [2.05, 4.69) is 4.98 Å². The molecule has 1 aromatic heterocycles. The lowest BCUT2D eigenvalue weighted by atomic mass is 10.1. The van der Waals surface area contributed by atoms with Gasteiger partial charge in [-0.15, -0.1) is 0 Å². The van der Waals surface area contributed by atoms with Crippen LogP contribution < -0.4 is 0 Å². The Morgan fingerprint density at radius 1 is 1.45 bits per heavy atom. The smallest absolute Gasteiger partial charge is 0.0465 e. The monoisotopic (exact) mass is 149 g/mol. The standard InChI is InChI=1S/C9H11NO/c11-6-7-3-8-1-2-10-5-9(8)4-7/h1-2,5,7,11H,3-4,6H2/t7-/m1/s1. The molecule has 0 aliphatic heterocycles. The van der Waals surface area contributed by atoms with Crippen LogP contribution in [0.1, 0.15) is 11.1 Å². The molecule has 1 aliphatic carbocycles. The molecular formula is C9H11NO. The lowest BCUT2D eigenvalue weighted by Crippen LogP contribution is -2.04. The van der Waals surface area contributed by atoms with Crippen LogP contribution in [0.3, 0.4) is 0 Å². The first-order chi connectivity index (χ1) is 5.40. The van der Waals surface area contributed by atoms with Gasteiger partial charge in [-0.25, -0.2) is 0 Å². The molecule has 1 N–H and O–H groups in total. The second-order valence-electron chi connectivity index (χ2n) is 3.10. The molecule has 2 nitrogen and oxygen atoms in total. The number of pyridine rings is 1. The van der Waals surface area contributed by atoms with Crippen molar-refractivity contribution < 1.29 is 5.11 Å². The van der Waals surface area contributed by atoms with Crippen LogP contribution in [0.2, 0.25) is 0 Å². The van der Waals surface area contributed by atoms with Crippen LogP contribution in [-0.4, -0.2) is 16.7 Å². The summed E-state index contributed by atoms with van der Waals surface area (Å²) in [4.78, 5) is 4.04. The van der Waals surface area contributed by atoms with Gasteiger partial charge in [0.25, 0.3) is 0 Å². The molecule has 0 saturated heterocycles. The predicted octanol–water partition coefficient (Wildman–Crippen LogP) is 0.789. The highest BCUT2D eigenvalue weighted by Crippen LogP contribution is 2.24. The molecule has 0 radical (unpaired) electrons. The van der Waals surface area contributed by atoms with E-state index in [0.717, 1.165) is 12.8 Å². The lowest BCUT2D eigenvalue weighted by molar-refractivity contribution is 0.232. The minimum Gasteiger partial charge on any atom is -0.396 e. The summed E-state index contributed by atoms with van der Waals surface area (Å²) in [6, 6.07) is 2.05. The van der Waals surface area contributed by atoms with Crippen LogP contribution in [0.5, 0.6) is 0 Å². The highest BCUT2D eigenvalue weighted by molar-refractivity contribution is 5.28. The molecule has 0 bridgehead atoms. The third-order valence-electron chi connectivity index (χ3n) is 2.28. The van der Waals surface area contributed by atoms with E-state index in [1.807, 2.05) is 18.5 Å². The quantitative estimate of drug-likeness (QED) is 0.640. The second kappa shape index (κ2) is 2.62. The summed E-state index contributed by atoms with van der Waals surface area (Å²) in [7, 11) is 0. The van der Waals surface area contributed by atoms with Crippen molar-refractivity contribution >= 4 is 0 Å². The number of aromatic nitrogens is 1. The van der Waals surface area contributed by atoms with Crippen LogP contribution in [-0.2, 0) is 12.8 Å². The van der Waals surface area contributed by atoms with E-state index in [-0.39, 0.29) is 0 Å². The maximum Gasteiger partial charge on any atom is 0.0465 e. The normalized spacial score (nSPS) is 21.7. The average molecular weight is 149 g/mol. The molecular weight excluding hydrogens is 138 g/mol. The number of fused-ring (bicyclic) bond motifs is 1. The van der Waals surface area contributed by atoms with E-state index < -0.39 is 0 Å². The minimum atomic E-state index is 0.300. The third-order valence-corrected chi connectivity index (χ3v) is 2.28. The van der Waals surface area contributed by atoms with Crippen molar-refractivity contribution in [2.24, 2.45) is 5.92 Å². The summed E-state index contributed by atoms with van der Waals surface area (Å²) in [5.74, 6) is 0.439. The summed E-state index contributed by atoms with van der Waals surface area (Å²) in [5.41, 5.74) is 2.67. The Morgan fingerprint density at radius 3 is 3.00 bits per heavy atom. The van der Waals surface area contributed by atoms with Gasteiger partial charge in [0.1, 0.15) is 0 Å². The van der Waals surface area contributed by atoms with Crippen molar-refractivity contribution in [1.82, 2.24) is 4.98 Å². The highest BCUT2D eigenvalue weighted by Gasteiger charge is 2.19. The third kappa shape index (κ3) is 1.14. The zero-order chi connectivity index (χ0) is 7.68. The molecule has 1 heterocycles. The summed E-state index contributed by atoms with van der Waals surface area (Å²) in [6.45, 7) is 0.300. The first-order valence-electron chi connectivity index (χ1n) is 3.93. The van der Waals surface area contributed by atoms with E-state index >= 15 is 0 Å². The van der Waals surface area contributed by atoms with Gasteiger partial charge < -0.3 is 5.11 Å². The summed E-state index contributed by atoms with van der Waals surface area (Å²) in [6.07, 6.45) is 5.75. The number of rotatable bonds is 1. The zero-order valence-corrected chi connectivity index (χ0v) is 6.33. The fourth-order valence-corrected chi connectivity index (χ4v) is 1.66. The summed E-state index contributed by atoms with van der Waals surface area (Å²) < 4.78 is 0. The van der Waals surface area contributed by atoms with Crippen LogP contribution in [0.4, 0.5) is 0 Å². The van der Waals surface area contributed by atoms with Gasteiger partial charge in [-0.1, -0.05) is 0 Å². The fraction of sp³-hybridized carbons (Fsp3) is 0.444. The van der Waals surface area contributed by atoms with E-state index in [1.54, 1.807) is 0 Å². The molecule has 11 heavy (non-hydrogen) atoms. The summed E-state index contributed by atoms with van der Waals surface area (Å²) in [5, 5.41) is 8.92. The van der Waals surface area contributed by atoms with Gasteiger partial charge in [0.05, 0.1) is 0 Å². The predicted molar refractivity (Wildman–Crippen MR) is 42.2 cm³/mol. The zero-order valence-electron chi connectivity index (χ0n) is 6.33.